The molecule has 0 radical (unpaired) electrons. The highest BCUT2D eigenvalue weighted by molar-refractivity contribution is 5.75. The number of hydrogen-bond acceptors (Lipinski definition) is 4. The number of hydrogen-bond donors (Lipinski definition) is 2. The molecule has 5 heteroatoms. The predicted molar refractivity (Wildman–Crippen MR) is 102 cm³/mol. The number of nitrogens with two attached hydrogens (primary N) is 1. The van der Waals surface area contributed by atoms with Gasteiger partial charge in [-0.25, -0.2) is 0 Å². The topological polar surface area (TPSA) is 73.6 Å². The van der Waals surface area contributed by atoms with Crippen LogP contribution in [0.4, 0.5) is 0 Å². The summed E-state index contributed by atoms with van der Waals surface area (Å²) in [6.45, 7) is 4.07. The van der Waals surface area contributed by atoms with Crippen LogP contribution in [0, 0.1) is 0 Å². The minimum atomic E-state index is -0.492. The van der Waals surface area contributed by atoms with Gasteiger partial charge in [0.15, 0.2) is 6.61 Å². The Labute approximate surface area is 154 Å². The molecule has 2 aromatic carbocycles. The molecule has 3 rings (SSSR count). The van der Waals surface area contributed by atoms with Crippen LogP contribution in [0.2, 0.25) is 0 Å². The molecular weight excluding hydrogens is 328 g/mol. The van der Waals surface area contributed by atoms with Crippen LogP contribution < -0.4 is 20.5 Å². The van der Waals surface area contributed by atoms with E-state index in [1.54, 1.807) is 0 Å². The van der Waals surface area contributed by atoms with E-state index in [2.05, 4.69) is 43.4 Å². The van der Waals surface area contributed by atoms with Crippen LogP contribution >= 0.6 is 0 Å². The number of nitrogens with one attached hydrogen (secondary N) is 1. The zero-order chi connectivity index (χ0) is 18.7. The van der Waals surface area contributed by atoms with E-state index in [1.165, 1.54) is 5.56 Å². The Morgan fingerprint density at radius 3 is 2.62 bits per heavy atom. The highest BCUT2D eigenvalue weighted by Gasteiger charge is 2.43. The summed E-state index contributed by atoms with van der Waals surface area (Å²) in [5.41, 5.74) is 7.18. The molecule has 1 heterocycles. The van der Waals surface area contributed by atoms with Crippen molar-refractivity contribution < 1.29 is 14.3 Å². The number of primary amides is 1. The van der Waals surface area contributed by atoms with E-state index in [-0.39, 0.29) is 24.2 Å². The smallest absolute Gasteiger partial charge is 0.255 e. The SMILES string of the molecule is CNC1C(Cc2ccccc2)c2cc(OCC(N)=O)ccc2OC1(C)C. The second kappa shape index (κ2) is 7.38. The Bertz CT molecular complexity index is 774. The quantitative estimate of drug-likeness (QED) is 0.836. The van der Waals surface area contributed by atoms with Crippen molar-refractivity contribution in [2.45, 2.75) is 37.8 Å². The number of likely N-dealkylation sites (N-methyl/N-ethyl adjacent to an activating group) is 1. The van der Waals surface area contributed by atoms with Gasteiger partial charge >= 0.3 is 0 Å². The van der Waals surface area contributed by atoms with Crippen LogP contribution in [0.1, 0.15) is 30.9 Å². The molecule has 5 nitrogen and oxygen atoms in total. The summed E-state index contributed by atoms with van der Waals surface area (Å²) >= 11 is 0. The summed E-state index contributed by atoms with van der Waals surface area (Å²) in [5, 5.41) is 3.44. The Morgan fingerprint density at radius 1 is 1.23 bits per heavy atom. The molecule has 2 unspecified atom stereocenters. The molecule has 2 aromatic rings. The second-order valence-corrected chi connectivity index (χ2v) is 7.22. The van der Waals surface area contributed by atoms with Crippen molar-refractivity contribution in [2.75, 3.05) is 13.7 Å². The van der Waals surface area contributed by atoms with Gasteiger partial charge in [-0.2, -0.15) is 0 Å². The van der Waals surface area contributed by atoms with Crippen LogP contribution in [0.5, 0.6) is 11.5 Å². The lowest BCUT2D eigenvalue weighted by atomic mass is 9.76. The maximum Gasteiger partial charge on any atom is 0.255 e. The summed E-state index contributed by atoms with van der Waals surface area (Å²) in [4.78, 5) is 11.0. The Kier molecular flexibility index (Phi) is 5.18. The first kappa shape index (κ1) is 18.3. The average molecular weight is 354 g/mol. The number of carbonyl (C=O) groups excluding carboxylic acids is 1. The van der Waals surface area contributed by atoms with Gasteiger partial charge in [0, 0.05) is 11.5 Å². The van der Waals surface area contributed by atoms with E-state index in [9.17, 15) is 4.79 Å². The molecule has 138 valence electrons. The lowest BCUT2D eigenvalue weighted by molar-refractivity contribution is -0.119. The maximum absolute atomic E-state index is 11.0. The summed E-state index contributed by atoms with van der Waals surface area (Å²) in [5.74, 6) is 1.19. The molecule has 0 aromatic heterocycles. The first-order valence-electron chi connectivity index (χ1n) is 8.86. The second-order valence-electron chi connectivity index (χ2n) is 7.22. The van der Waals surface area contributed by atoms with Crippen LogP contribution in [0.15, 0.2) is 48.5 Å². The minimum Gasteiger partial charge on any atom is -0.486 e. The minimum absolute atomic E-state index is 0.126. The van der Waals surface area contributed by atoms with Crippen molar-refractivity contribution in [2.24, 2.45) is 5.73 Å². The van der Waals surface area contributed by atoms with Crippen LogP contribution in [-0.4, -0.2) is 31.2 Å². The zero-order valence-corrected chi connectivity index (χ0v) is 15.5. The lowest BCUT2D eigenvalue weighted by Crippen LogP contribution is -2.55. The van der Waals surface area contributed by atoms with Crippen molar-refractivity contribution in [3.63, 3.8) is 0 Å². The first-order valence-corrected chi connectivity index (χ1v) is 8.86. The van der Waals surface area contributed by atoms with Crippen molar-refractivity contribution in [3.8, 4) is 11.5 Å². The normalized spacial score (nSPS) is 20.7. The van der Waals surface area contributed by atoms with Gasteiger partial charge in [0.1, 0.15) is 17.1 Å². The van der Waals surface area contributed by atoms with E-state index in [1.807, 2.05) is 31.3 Å². The maximum atomic E-state index is 11.0. The molecule has 3 N–H and O–H groups in total. The summed E-state index contributed by atoms with van der Waals surface area (Å²) < 4.78 is 11.8. The molecule has 1 aliphatic heterocycles. The van der Waals surface area contributed by atoms with Crippen molar-refractivity contribution in [1.82, 2.24) is 5.32 Å². The van der Waals surface area contributed by atoms with Crippen LogP contribution in [0.3, 0.4) is 0 Å². The fourth-order valence-electron chi connectivity index (χ4n) is 3.81. The Balaban J connectivity index is 1.98. The molecule has 0 saturated heterocycles. The molecule has 0 aliphatic carbocycles. The number of benzene rings is 2. The fraction of sp³-hybridized carbons (Fsp3) is 0.381. The lowest BCUT2D eigenvalue weighted by Gasteiger charge is -2.45. The zero-order valence-electron chi connectivity index (χ0n) is 15.5. The van der Waals surface area contributed by atoms with Crippen LogP contribution in [0.25, 0.3) is 0 Å². The molecule has 0 saturated carbocycles. The monoisotopic (exact) mass is 354 g/mol. The third-order valence-electron chi connectivity index (χ3n) is 4.90. The third-order valence-corrected chi connectivity index (χ3v) is 4.90. The molecular formula is C21H26N2O3. The molecule has 0 spiro atoms. The first-order chi connectivity index (χ1) is 12.4. The highest BCUT2D eigenvalue weighted by atomic mass is 16.5. The van der Waals surface area contributed by atoms with E-state index in [0.29, 0.717) is 5.75 Å². The number of amides is 1. The standard InChI is InChI=1S/C21H26N2O3/c1-21(2)20(23-3)17(11-14-7-5-4-6-8-14)16-12-15(25-13-19(22)24)9-10-18(16)26-21/h4-10,12,17,20,23H,11,13H2,1-3H3,(H2,22,24). The number of rotatable bonds is 6. The van der Waals surface area contributed by atoms with Gasteiger partial charge in [0.2, 0.25) is 0 Å². The highest BCUT2D eigenvalue weighted by Crippen LogP contribution is 2.44. The van der Waals surface area contributed by atoms with E-state index >= 15 is 0 Å². The molecule has 2 atom stereocenters. The van der Waals surface area contributed by atoms with Crippen molar-refractivity contribution >= 4 is 5.91 Å². The molecule has 1 amide bonds. The van der Waals surface area contributed by atoms with Gasteiger partial charge in [0.05, 0.1) is 6.04 Å². The van der Waals surface area contributed by atoms with Crippen molar-refractivity contribution in [3.05, 3.63) is 59.7 Å². The van der Waals surface area contributed by atoms with Crippen molar-refractivity contribution in [1.29, 1.82) is 0 Å². The van der Waals surface area contributed by atoms with Gasteiger partial charge in [0.25, 0.3) is 5.91 Å². The molecule has 26 heavy (non-hydrogen) atoms. The summed E-state index contributed by atoms with van der Waals surface area (Å²) in [6, 6.07) is 16.2. The van der Waals surface area contributed by atoms with Gasteiger partial charge in [-0.05, 0) is 51.1 Å². The predicted octanol–water partition coefficient (Wildman–Crippen LogP) is 2.64. The number of fused-ring (bicyclic) bond motifs is 1. The molecule has 1 aliphatic rings. The Hall–Kier alpha value is -2.53. The van der Waals surface area contributed by atoms with E-state index in [4.69, 9.17) is 15.2 Å². The van der Waals surface area contributed by atoms with Gasteiger partial charge in [-0.3, -0.25) is 4.79 Å². The Morgan fingerprint density at radius 2 is 1.96 bits per heavy atom. The fourth-order valence-corrected chi connectivity index (χ4v) is 3.81. The van der Waals surface area contributed by atoms with E-state index < -0.39 is 5.91 Å². The van der Waals surface area contributed by atoms with Gasteiger partial charge in [-0.1, -0.05) is 30.3 Å². The summed E-state index contributed by atoms with van der Waals surface area (Å²) in [7, 11) is 1.96. The average Bonchev–Trinajstić information content (AvgIpc) is 2.60. The van der Waals surface area contributed by atoms with Gasteiger partial charge < -0.3 is 20.5 Å². The molecule has 0 bridgehead atoms. The largest absolute Gasteiger partial charge is 0.486 e. The summed E-state index contributed by atoms with van der Waals surface area (Å²) in [6.07, 6.45) is 0.880. The number of ether oxygens (including phenoxy) is 2. The third kappa shape index (κ3) is 3.83. The van der Waals surface area contributed by atoms with Gasteiger partial charge in [-0.15, -0.1) is 0 Å². The van der Waals surface area contributed by atoms with Crippen LogP contribution in [-0.2, 0) is 11.2 Å². The van der Waals surface area contributed by atoms with E-state index in [0.717, 1.165) is 17.7 Å². The molecule has 0 fully saturated rings. The number of carbonyl (C=O) groups is 1.